The Hall–Kier alpha value is -0.860. The van der Waals surface area contributed by atoms with Gasteiger partial charge in [0.2, 0.25) is 0 Å². The first-order valence-corrected chi connectivity index (χ1v) is 5.99. The highest BCUT2D eigenvalue weighted by atomic mass is 16.3. The predicted octanol–water partition coefficient (Wildman–Crippen LogP) is 2.47. The Morgan fingerprint density at radius 2 is 1.75 bits per heavy atom. The standard InChI is InChI=1S/C14H23NO/c1-5-14(9-16)15-8-13-7-11(3)10(2)6-12(13)4/h6-7,14-16H,5,8-9H2,1-4H3/t14-/m1/s1. The molecule has 0 unspecified atom stereocenters. The van der Waals surface area contributed by atoms with Gasteiger partial charge in [-0.1, -0.05) is 19.1 Å². The van der Waals surface area contributed by atoms with E-state index in [4.69, 9.17) is 5.11 Å². The zero-order valence-corrected chi connectivity index (χ0v) is 10.8. The average molecular weight is 221 g/mol. The van der Waals surface area contributed by atoms with Crippen molar-refractivity contribution in [3.63, 3.8) is 0 Å². The minimum Gasteiger partial charge on any atom is -0.395 e. The highest BCUT2D eigenvalue weighted by Crippen LogP contribution is 2.15. The summed E-state index contributed by atoms with van der Waals surface area (Å²) in [5.41, 5.74) is 5.33. The molecule has 0 bridgehead atoms. The molecule has 0 radical (unpaired) electrons. The first-order chi connectivity index (χ1) is 7.58. The Morgan fingerprint density at radius 1 is 1.12 bits per heavy atom. The number of benzene rings is 1. The van der Waals surface area contributed by atoms with Crippen molar-refractivity contribution in [1.29, 1.82) is 0 Å². The molecule has 1 aromatic carbocycles. The molecule has 1 atom stereocenters. The molecule has 2 heteroatoms. The molecule has 1 aromatic rings. The van der Waals surface area contributed by atoms with Crippen LogP contribution >= 0.6 is 0 Å². The molecule has 0 saturated carbocycles. The van der Waals surface area contributed by atoms with Gasteiger partial charge in [-0.15, -0.1) is 0 Å². The largest absolute Gasteiger partial charge is 0.395 e. The molecule has 0 fully saturated rings. The van der Waals surface area contributed by atoms with Crippen molar-refractivity contribution in [1.82, 2.24) is 5.32 Å². The molecule has 0 spiro atoms. The van der Waals surface area contributed by atoms with Crippen LogP contribution in [0.15, 0.2) is 12.1 Å². The Balaban J connectivity index is 2.70. The van der Waals surface area contributed by atoms with Gasteiger partial charge in [0.05, 0.1) is 6.61 Å². The van der Waals surface area contributed by atoms with Crippen LogP contribution in [0.3, 0.4) is 0 Å². The molecule has 1 rings (SSSR count). The summed E-state index contributed by atoms with van der Waals surface area (Å²) < 4.78 is 0. The first kappa shape index (κ1) is 13.2. The van der Waals surface area contributed by atoms with E-state index < -0.39 is 0 Å². The maximum absolute atomic E-state index is 9.11. The van der Waals surface area contributed by atoms with E-state index >= 15 is 0 Å². The lowest BCUT2D eigenvalue weighted by atomic mass is 10.0. The summed E-state index contributed by atoms with van der Waals surface area (Å²) in [6.07, 6.45) is 0.959. The van der Waals surface area contributed by atoms with Crippen molar-refractivity contribution in [2.75, 3.05) is 6.61 Å². The van der Waals surface area contributed by atoms with Crippen LogP contribution < -0.4 is 5.32 Å². The molecule has 0 aromatic heterocycles. The van der Waals surface area contributed by atoms with Crippen LogP contribution in [0, 0.1) is 20.8 Å². The normalized spacial score (nSPS) is 12.8. The maximum atomic E-state index is 9.11. The molecule has 0 aliphatic heterocycles. The zero-order chi connectivity index (χ0) is 12.1. The summed E-state index contributed by atoms with van der Waals surface area (Å²) in [7, 11) is 0. The molecule has 0 saturated heterocycles. The monoisotopic (exact) mass is 221 g/mol. The van der Waals surface area contributed by atoms with Gasteiger partial charge in [-0.05, 0) is 49.4 Å². The van der Waals surface area contributed by atoms with E-state index in [-0.39, 0.29) is 12.6 Å². The molecule has 0 amide bonds. The van der Waals surface area contributed by atoms with E-state index in [0.717, 1.165) is 13.0 Å². The van der Waals surface area contributed by atoms with E-state index in [1.54, 1.807) is 0 Å². The van der Waals surface area contributed by atoms with Crippen molar-refractivity contribution < 1.29 is 5.11 Å². The van der Waals surface area contributed by atoms with Gasteiger partial charge in [0.1, 0.15) is 0 Å². The smallest absolute Gasteiger partial charge is 0.0584 e. The van der Waals surface area contributed by atoms with Crippen molar-refractivity contribution in [2.45, 2.75) is 46.7 Å². The number of aliphatic hydroxyl groups is 1. The number of aliphatic hydroxyl groups excluding tert-OH is 1. The summed E-state index contributed by atoms with van der Waals surface area (Å²) in [6.45, 7) is 9.56. The lowest BCUT2D eigenvalue weighted by Gasteiger charge is -2.16. The van der Waals surface area contributed by atoms with E-state index in [1.807, 2.05) is 0 Å². The van der Waals surface area contributed by atoms with Crippen LogP contribution in [0.2, 0.25) is 0 Å². The first-order valence-electron chi connectivity index (χ1n) is 5.99. The summed E-state index contributed by atoms with van der Waals surface area (Å²) in [6, 6.07) is 4.68. The maximum Gasteiger partial charge on any atom is 0.0584 e. The molecule has 90 valence electrons. The van der Waals surface area contributed by atoms with E-state index in [9.17, 15) is 0 Å². The minimum absolute atomic E-state index is 0.209. The van der Waals surface area contributed by atoms with E-state index in [2.05, 4.69) is 45.1 Å². The Morgan fingerprint density at radius 3 is 2.31 bits per heavy atom. The summed E-state index contributed by atoms with van der Waals surface area (Å²) in [5.74, 6) is 0. The number of nitrogens with one attached hydrogen (secondary N) is 1. The molecule has 2 N–H and O–H groups in total. The number of aryl methyl sites for hydroxylation is 3. The molecular weight excluding hydrogens is 198 g/mol. The summed E-state index contributed by atoms with van der Waals surface area (Å²) in [4.78, 5) is 0. The number of hydrogen-bond acceptors (Lipinski definition) is 2. The lowest BCUT2D eigenvalue weighted by Crippen LogP contribution is -2.31. The Bertz CT molecular complexity index is 343. The average Bonchev–Trinajstić information content (AvgIpc) is 2.26. The third-order valence-corrected chi connectivity index (χ3v) is 3.25. The molecule has 0 aliphatic carbocycles. The van der Waals surface area contributed by atoms with Crippen molar-refractivity contribution >= 4 is 0 Å². The number of rotatable bonds is 5. The summed E-state index contributed by atoms with van der Waals surface area (Å²) in [5, 5.41) is 12.5. The third-order valence-electron chi connectivity index (χ3n) is 3.25. The second kappa shape index (κ2) is 6.02. The van der Waals surface area contributed by atoms with Crippen LogP contribution in [0.4, 0.5) is 0 Å². The fourth-order valence-electron chi connectivity index (χ4n) is 1.80. The van der Waals surface area contributed by atoms with Crippen molar-refractivity contribution in [3.8, 4) is 0 Å². The third kappa shape index (κ3) is 3.32. The van der Waals surface area contributed by atoms with Gasteiger partial charge in [-0.2, -0.15) is 0 Å². The molecule has 16 heavy (non-hydrogen) atoms. The van der Waals surface area contributed by atoms with Gasteiger partial charge in [0.15, 0.2) is 0 Å². The quantitative estimate of drug-likeness (QED) is 0.800. The highest BCUT2D eigenvalue weighted by molar-refractivity contribution is 5.36. The van der Waals surface area contributed by atoms with Crippen LogP contribution in [0.5, 0.6) is 0 Å². The predicted molar refractivity (Wildman–Crippen MR) is 68.7 cm³/mol. The molecule has 0 heterocycles. The van der Waals surface area contributed by atoms with Crippen molar-refractivity contribution in [3.05, 3.63) is 34.4 Å². The highest BCUT2D eigenvalue weighted by Gasteiger charge is 2.06. The lowest BCUT2D eigenvalue weighted by molar-refractivity contribution is 0.238. The van der Waals surface area contributed by atoms with E-state index in [0.29, 0.717) is 0 Å². The molecular formula is C14H23NO. The van der Waals surface area contributed by atoms with Crippen LogP contribution in [-0.2, 0) is 6.54 Å². The second-order valence-corrected chi connectivity index (χ2v) is 4.53. The minimum atomic E-state index is 0.209. The number of hydrogen-bond donors (Lipinski definition) is 2. The van der Waals surface area contributed by atoms with Crippen LogP contribution in [-0.4, -0.2) is 17.8 Å². The Kier molecular flexibility index (Phi) is 4.97. The van der Waals surface area contributed by atoms with Gasteiger partial charge < -0.3 is 10.4 Å². The molecule has 0 aliphatic rings. The van der Waals surface area contributed by atoms with Gasteiger partial charge in [-0.3, -0.25) is 0 Å². The van der Waals surface area contributed by atoms with Crippen LogP contribution in [0.1, 0.15) is 35.6 Å². The topological polar surface area (TPSA) is 32.3 Å². The van der Waals surface area contributed by atoms with E-state index in [1.165, 1.54) is 22.3 Å². The zero-order valence-electron chi connectivity index (χ0n) is 10.8. The SMILES string of the molecule is CC[C@H](CO)NCc1cc(C)c(C)cc1C. The van der Waals surface area contributed by atoms with Gasteiger partial charge in [-0.25, -0.2) is 0 Å². The second-order valence-electron chi connectivity index (χ2n) is 4.53. The van der Waals surface area contributed by atoms with Gasteiger partial charge in [0, 0.05) is 12.6 Å². The van der Waals surface area contributed by atoms with Crippen molar-refractivity contribution in [2.24, 2.45) is 0 Å². The van der Waals surface area contributed by atoms with Gasteiger partial charge in [0.25, 0.3) is 0 Å². The molecule has 2 nitrogen and oxygen atoms in total. The fourth-order valence-corrected chi connectivity index (χ4v) is 1.80. The summed E-state index contributed by atoms with van der Waals surface area (Å²) >= 11 is 0. The Labute approximate surface area is 98.7 Å². The van der Waals surface area contributed by atoms with Gasteiger partial charge >= 0.3 is 0 Å². The fraction of sp³-hybridized carbons (Fsp3) is 0.571. The van der Waals surface area contributed by atoms with Crippen LogP contribution in [0.25, 0.3) is 0 Å².